The van der Waals surface area contributed by atoms with Crippen LogP contribution in [0.5, 0.6) is 0 Å². The van der Waals surface area contributed by atoms with Crippen molar-refractivity contribution in [3.63, 3.8) is 0 Å². The van der Waals surface area contributed by atoms with Crippen molar-refractivity contribution in [3.05, 3.63) is 41.7 Å². The molecule has 0 aliphatic carbocycles. The monoisotopic (exact) mass is 362 g/mol. The van der Waals surface area contributed by atoms with Crippen molar-refractivity contribution in [1.29, 1.82) is 0 Å². The van der Waals surface area contributed by atoms with E-state index in [4.69, 9.17) is 0 Å². The smallest absolute Gasteiger partial charge is 0.234 e. The number of aromatic nitrogens is 2. The predicted octanol–water partition coefficient (Wildman–Crippen LogP) is 3.25. The van der Waals surface area contributed by atoms with Crippen LogP contribution in [-0.4, -0.2) is 27.8 Å². The van der Waals surface area contributed by atoms with Crippen LogP contribution < -0.4 is 10.6 Å². The molecular formula is C17H19FN4O2S. The Hall–Kier alpha value is -2.48. The summed E-state index contributed by atoms with van der Waals surface area (Å²) in [7, 11) is 0. The van der Waals surface area contributed by atoms with Gasteiger partial charge >= 0.3 is 0 Å². The van der Waals surface area contributed by atoms with E-state index in [-0.39, 0.29) is 29.3 Å². The highest BCUT2D eigenvalue weighted by atomic mass is 32.2. The first kappa shape index (κ1) is 18.9. The first-order valence-electron chi connectivity index (χ1n) is 7.68. The number of nitrogens with zero attached hydrogens (tertiary/aromatic N) is 2. The molecule has 2 N–H and O–H groups in total. The van der Waals surface area contributed by atoms with Gasteiger partial charge in [0.1, 0.15) is 10.8 Å². The van der Waals surface area contributed by atoms with Crippen LogP contribution in [0, 0.1) is 18.7 Å². The van der Waals surface area contributed by atoms with Gasteiger partial charge in [0.2, 0.25) is 11.8 Å². The van der Waals surface area contributed by atoms with Crippen LogP contribution in [0.4, 0.5) is 15.9 Å². The van der Waals surface area contributed by atoms with E-state index in [0.717, 1.165) is 0 Å². The van der Waals surface area contributed by atoms with E-state index in [0.29, 0.717) is 22.1 Å². The Morgan fingerprint density at radius 2 is 1.92 bits per heavy atom. The van der Waals surface area contributed by atoms with E-state index in [1.54, 1.807) is 45.0 Å². The quantitative estimate of drug-likeness (QED) is 0.771. The van der Waals surface area contributed by atoms with E-state index in [1.807, 2.05) is 0 Å². The molecule has 0 saturated carbocycles. The predicted molar refractivity (Wildman–Crippen MR) is 96.0 cm³/mol. The van der Waals surface area contributed by atoms with Crippen molar-refractivity contribution in [3.8, 4) is 0 Å². The zero-order valence-corrected chi connectivity index (χ0v) is 15.0. The molecule has 1 aromatic heterocycles. The average Bonchev–Trinajstić information content (AvgIpc) is 2.57. The Morgan fingerprint density at radius 1 is 1.16 bits per heavy atom. The lowest BCUT2D eigenvalue weighted by Crippen LogP contribution is -2.18. The summed E-state index contributed by atoms with van der Waals surface area (Å²) in [6.45, 7) is 5.22. The van der Waals surface area contributed by atoms with E-state index < -0.39 is 0 Å². The number of amides is 2. The van der Waals surface area contributed by atoms with Gasteiger partial charge in [-0.1, -0.05) is 31.7 Å². The lowest BCUT2D eigenvalue weighted by molar-refractivity contribution is -0.119. The number of aryl methyl sites for hydroxylation is 1. The van der Waals surface area contributed by atoms with Crippen LogP contribution in [0.3, 0.4) is 0 Å². The molecule has 132 valence electrons. The number of hydrogen-bond acceptors (Lipinski definition) is 5. The molecule has 0 aliphatic heterocycles. The zero-order valence-electron chi connectivity index (χ0n) is 14.2. The van der Waals surface area contributed by atoms with Crippen molar-refractivity contribution in [2.45, 2.75) is 25.8 Å². The second-order valence-corrected chi connectivity index (χ2v) is 6.70. The molecular weight excluding hydrogens is 343 g/mol. The maximum absolute atomic E-state index is 13.5. The molecule has 0 saturated heterocycles. The van der Waals surface area contributed by atoms with Crippen LogP contribution >= 0.6 is 11.8 Å². The van der Waals surface area contributed by atoms with Crippen molar-refractivity contribution in [2.24, 2.45) is 5.92 Å². The molecule has 0 bridgehead atoms. The number of rotatable bonds is 6. The molecule has 8 heteroatoms. The van der Waals surface area contributed by atoms with E-state index in [1.165, 1.54) is 17.8 Å². The van der Waals surface area contributed by atoms with Gasteiger partial charge in [0.15, 0.2) is 5.82 Å². The maximum atomic E-state index is 13.5. The standard InChI is InChI=1S/C17H19FN4O2S/c1-10(2)17(24)20-14-6-7-16(22-21-14)25-9-15(23)19-12-5-4-11(3)13(18)8-12/h4-8,10H,9H2,1-3H3,(H,19,23)(H,20,21,24). The molecule has 0 spiro atoms. The van der Waals surface area contributed by atoms with Crippen molar-refractivity contribution in [2.75, 3.05) is 16.4 Å². The summed E-state index contributed by atoms with van der Waals surface area (Å²) in [4.78, 5) is 23.5. The van der Waals surface area contributed by atoms with Crippen LogP contribution in [0.15, 0.2) is 35.4 Å². The third-order valence-corrected chi connectivity index (χ3v) is 4.14. The number of carbonyl (C=O) groups is 2. The van der Waals surface area contributed by atoms with E-state index >= 15 is 0 Å². The van der Waals surface area contributed by atoms with Crippen molar-refractivity contribution < 1.29 is 14.0 Å². The molecule has 6 nitrogen and oxygen atoms in total. The minimum Gasteiger partial charge on any atom is -0.325 e. The molecule has 2 rings (SSSR count). The SMILES string of the molecule is Cc1ccc(NC(=O)CSc2ccc(NC(=O)C(C)C)nn2)cc1F. The molecule has 0 unspecified atom stereocenters. The summed E-state index contributed by atoms with van der Waals surface area (Å²) in [5.41, 5.74) is 0.929. The Kier molecular flexibility index (Phi) is 6.46. The number of halogens is 1. The fourth-order valence-corrected chi connectivity index (χ4v) is 2.36. The lowest BCUT2D eigenvalue weighted by Gasteiger charge is -2.07. The minimum atomic E-state index is -0.365. The van der Waals surface area contributed by atoms with Gasteiger partial charge in [-0.05, 0) is 36.8 Å². The second-order valence-electron chi connectivity index (χ2n) is 5.70. The summed E-state index contributed by atoms with van der Waals surface area (Å²) in [5.74, 6) is -0.446. The molecule has 0 atom stereocenters. The fraction of sp³-hybridized carbons (Fsp3) is 0.294. The normalized spacial score (nSPS) is 10.6. The number of hydrogen-bond donors (Lipinski definition) is 2. The largest absolute Gasteiger partial charge is 0.325 e. The topological polar surface area (TPSA) is 84.0 Å². The van der Waals surface area contributed by atoms with E-state index in [9.17, 15) is 14.0 Å². The Bertz CT molecular complexity index is 766. The molecule has 1 aromatic carbocycles. The van der Waals surface area contributed by atoms with Gasteiger partial charge in [0.05, 0.1) is 5.75 Å². The van der Waals surface area contributed by atoms with Gasteiger partial charge in [-0.3, -0.25) is 9.59 Å². The molecule has 25 heavy (non-hydrogen) atoms. The number of thioether (sulfide) groups is 1. The molecule has 2 aromatic rings. The Morgan fingerprint density at radius 3 is 2.52 bits per heavy atom. The number of anilines is 2. The van der Waals surface area contributed by atoms with E-state index in [2.05, 4.69) is 20.8 Å². The third-order valence-electron chi connectivity index (χ3n) is 3.22. The Balaban J connectivity index is 1.85. The van der Waals surface area contributed by atoms with Gasteiger partial charge in [-0.15, -0.1) is 10.2 Å². The molecule has 0 radical (unpaired) electrons. The van der Waals surface area contributed by atoms with Crippen molar-refractivity contribution >= 4 is 35.1 Å². The maximum Gasteiger partial charge on any atom is 0.234 e. The van der Waals surface area contributed by atoms with Gasteiger partial charge in [-0.2, -0.15) is 0 Å². The molecule has 0 aliphatic rings. The van der Waals surface area contributed by atoms with Crippen LogP contribution in [0.1, 0.15) is 19.4 Å². The summed E-state index contributed by atoms with van der Waals surface area (Å²) < 4.78 is 13.5. The second kappa shape index (κ2) is 8.57. The van der Waals surface area contributed by atoms with Gasteiger partial charge in [0.25, 0.3) is 0 Å². The molecule has 2 amide bonds. The third kappa shape index (κ3) is 5.82. The summed E-state index contributed by atoms with van der Waals surface area (Å²) >= 11 is 1.20. The summed E-state index contributed by atoms with van der Waals surface area (Å²) in [6, 6.07) is 7.83. The average molecular weight is 362 g/mol. The van der Waals surface area contributed by atoms with Crippen LogP contribution in [0.2, 0.25) is 0 Å². The number of nitrogens with one attached hydrogen (secondary N) is 2. The Labute approximate surface area is 149 Å². The van der Waals surface area contributed by atoms with Crippen LogP contribution in [-0.2, 0) is 9.59 Å². The van der Waals surface area contributed by atoms with Gasteiger partial charge in [0, 0.05) is 11.6 Å². The zero-order chi connectivity index (χ0) is 18.4. The van der Waals surface area contributed by atoms with Crippen molar-refractivity contribution in [1.82, 2.24) is 10.2 Å². The summed E-state index contributed by atoms with van der Waals surface area (Å²) in [6.07, 6.45) is 0. The number of benzene rings is 1. The first-order valence-corrected chi connectivity index (χ1v) is 8.67. The first-order chi connectivity index (χ1) is 11.8. The minimum absolute atomic E-state index is 0.113. The number of carbonyl (C=O) groups excluding carboxylic acids is 2. The molecule has 1 heterocycles. The fourth-order valence-electron chi connectivity index (χ4n) is 1.74. The highest BCUT2D eigenvalue weighted by Crippen LogP contribution is 2.17. The highest BCUT2D eigenvalue weighted by Gasteiger charge is 2.09. The molecule has 0 fully saturated rings. The summed E-state index contributed by atoms with van der Waals surface area (Å²) in [5, 5.41) is 13.7. The van der Waals surface area contributed by atoms with Crippen LogP contribution in [0.25, 0.3) is 0 Å². The highest BCUT2D eigenvalue weighted by molar-refractivity contribution is 7.99. The lowest BCUT2D eigenvalue weighted by atomic mass is 10.2. The van der Waals surface area contributed by atoms with Gasteiger partial charge < -0.3 is 10.6 Å². The van der Waals surface area contributed by atoms with Gasteiger partial charge in [-0.25, -0.2) is 4.39 Å².